The first kappa shape index (κ1) is 12.1. The van der Waals surface area contributed by atoms with Crippen molar-refractivity contribution in [3.8, 4) is 0 Å². The number of rotatable bonds is 4. The SMILES string of the molecule is O=P(O)(O)OP(=O)(O)OC(F)F. The van der Waals surface area contributed by atoms with Gasteiger partial charge < -0.3 is 14.7 Å². The van der Waals surface area contributed by atoms with Crippen molar-refractivity contribution in [3.63, 3.8) is 0 Å². The van der Waals surface area contributed by atoms with Crippen LogP contribution in [0.25, 0.3) is 0 Å². The normalized spacial score (nSPS) is 17.8. The number of hydrogen-bond acceptors (Lipinski definition) is 4. The first-order valence-corrected chi connectivity index (χ1v) is 5.21. The zero-order valence-corrected chi connectivity index (χ0v) is 6.99. The zero-order valence-electron chi connectivity index (χ0n) is 5.20. The Balaban J connectivity index is 4.25. The molecule has 0 aromatic carbocycles. The summed E-state index contributed by atoms with van der Waals surface area (Å²) in [5.41, 5.74) is 0. The number of phosphoric acid groups is 2. The Hall–Kier alpha value is 0.120. The van der Waals surface area contributed by atoms with Crippen LogP contribution in [0.4, 0.5) is 8.78 Å². The third-order valence-corrected chi connectivity index (χ3v) is 2.52. The molecule has 0 heterocycles. The van der Waals surface area contributed by atoms with E-state index in [0.29, 0.717) is 0 Å². The summed E-state index contributed by atoms with van der Waals surface area (Å²) in [6.45, 7) is -3.66. The molecule has 1 unspecified atom stereocenters. The van der Waals surface area contributed by atoms with Gasteiger partial charge in [0.25, 0.3) is 0 Å². The minimum Gasteiger partial charge on any atom is -0.302 e. The highest BCUT2D eigenvalue weighted by Crippen LogP contribution is 2.58. The van der Waals surface area contributed by atoms with E-state index in [4.69, 9.17) is 14.7 Å². The van der Waals surface area contributed by atoms with Gasteiger partial charge in [0.05, 0.1) is 0 Å². The third kappa shape index (κ3) is 6.81. The average molecular weight is 228 g/mol. The van der Waals surface area contributed by atoms with Gasteiger partial charge in [0, 0.05) is 0 Å². The third-order valence-electron chi connectivity index (χ3n) is 0.422. The maximum absolute atomic E-state index is 11.2. The van der Waals surface area contributed by atoms with Crippen LogP contribution in [0.15, 0.2) is 0 Å². The highest BCUT2D eigenvalue weighted by Gasteiger charge is 2.35. The van der Waals surface area contributed by atoms with Crippen LogP contribution in [0.2, 0.25) is 0 Å². The molecule has 11 heteroatoms. The van der Waals surface area contributed by atoms with E-state index < -0.39 is 22.3 Å². The van der Waals surface area contributed by atoms with Crippen molar-refractivity contribution >= 4 is 15.6 Å². The molecule has 0 bridgehead atoms. The maximum Gasteiger partial charge on any atom is 0.485 e. The van der Waals surface area contributed by atoms with E-state index in [1.807, 2.05) is 0 Å². The summed E-state index contributed by atoms with van der Waals surface area (Å²) in [5.74, 6) is 0. The minimum absolute atomic E-state index is 2.88. The van der Waals surface area contributed by atoms with Crippen LogP contribution in [0, 0.1) is 0 Å². The topological polar surface area (TPSA) is 113 Å². The van der Waals surface area contributed by atoms with E-state index in [1.54, 1.807) is 0 Å². The van der Waals surface area contributed by atoms with Gasteiger partial charge in [-0.05, 0) is 0 Å². The van der Waals surface area contributed by atoms with Gasteiger partial charge in [-0.3, -0.25) is 0 Å². The lowest BCUT2D eigenvalue weighted by Gasteiger charge is -2.10. The maximum atomic E-state index is 11.2. The molecule has 0 radical (unpaired) electrons. The summed E-state index contributed by atoms with van der Waals surface area (Å²) in [4.78, 5) is 24.0. The lowest BCUT2D eigenvalue weighted by Crippen LogP contribution is -1.98. The Bertz CT molecular complexity index is 232. The molecule has 0 aromatic heterocycles. The highest BCUT2D eigenvalue weighted by molar-refractivity contribution is 7.60. The van der Waals surface area contributed by atoms with Crippen molar-refractivity contribution in [1.29, 1.82) is 0 Å². The van der Waals surface area contributed by atoms with Gasteiger partial charge in [0.15, 0.2) is 0 Å². The molecule has 0 spiro atoms. The van der Waals surface area contributed by atoms with Crippen molar-refractivity contribution in [2.24, 2.45) is 0 Å². The molecule has 0 saturated heterocycles. The van der Waals surface area contributed by atoms with Crippen molar-refractivity contribution < 1.29 is 41.4 Å². The van der Waals surface area contributed by atoms with E-state index in [2.05, 4.69) is 8.83 Å². The average Bonchev–Trinajstić information content (AvgIpc) is 1.48. The number of alkyl halides is 2. The monoisotopic (exact) mass is 228 g/mol. The summed E-state index contributed by atoms with van der Waals surface area (Å²) in [6.07, 6.45) is 0. The molecule has 7 nitrogen and oxygen atoms in total. The smallest absolute Gasteiger partial charge is 0.302 e. The van der Waals surface area contributed by atoms with Gasteiger partial charge in [0.2, 0.25) is 0 Å². The summed E-state index contributed by atoms with van der Waals surface area (Å²) < 4.78 is 48.3. The molecule has 0 aliphatic carbocycles. The van der Waals surface area contributed by atoms with Crippen LogP contribution in [0.3, 0.4) is 0 Å². The van der Waals surface area contributed by atoms with Crippen LogP contribution < -0.4 is 0 Å². The second-order valence-corrected chi connectivity index (χ2v) is 4.19. The summed E-state index contributed by atoms with van der Waals surface area (Å²) >= 11 is 0. The molecule has 0 fully saturated rings. The van der Waals surface area contributed by atoms with Crippen molar-refractivity contribution in [1.82, 2.24) is 0 Å². The van der Waals surface area contributed by atoms with Crippen molar-refractivity contribution in [3.05, 3.63) is 0 Å². The van der Waals surface area contributed by atoms with E-state index >= 15 is 0 Å². The zero-order chi connectivity index (χ0) is 9.99. The number of halogens is 2. The largest absolute Gasteiger partial charge is 0.485 e. The Morgan fingerprint density at radius 2 is 1.58 bits per heavy atom. The lowest BCUT2D eigenvalue weighted by molar-refractivity contribution is -0.0661. The fraction of sp³-hybridized carbons (Fsp3) is 1.00. The summed E-state index contributed by atoms with van der Waals surface area (Å²) in [7, 11) is -10.7. The van der Waals surface area contributed by atoms with Crippen LogP contribution in [0.1, 0.15) is 0 Å². The molecular weight excluding hydrogens is 224 g/mol. The van der Waals surface area contributed by atoms with Crippen LogP contribution >= 0.6 is 15.6 Å². The molecule has 0 amide bonds. The highest BCUT2D eigenvalue weighted by atomic mass is 31.3. The van der Waals surface area contributed by atoms with Crippen LogP contribution in [-0.4, -0.2) is 21.3 Å². The molecule has 0 rings (SSSR count). The quantitative estimate of drug-likeness (QED) is 0.598. The molecule has 0 aromatic rings. The summed E-state index contributed by atoms with van der Waals surface area (Å²) in [5, 5.41) is 0. The minimum atomic E-state index is -5.38. The second kappa shape index (κ2) is 3.89. The fourth-order valence-corrected chi connectivity index (χ4v) is 1.68. The van der Waals surface area contributed by atoms with Crippen LogP contribution in [-0.2, 0) is 18.0 Å². The molecule has 1 atom stereocenters. The Morgan fingerprint density at radius 1 is 1.17 bits per heavy atom. The van der Waals surface area contributed by atoms with E-state index in [9.17, 15) is 17.9 Å². The van der Waals surface area contributed by atoms with Gasteiger partial charge >= 0.3 is 22.3 Å². The van der Waals surface area contributed by atoms with Gasteiger partial charge in [-0.1, -0.05) is 0 Å². The second-order valence-electron chi connectivity index (χ2n) is 1.41. The number of hydrogen-bond donors (Lipinski definition) is 3. The fourth-order valence-electron chi connectivity index (χ4n) is 0.254. The molecule has 0 aliphatic rings. The molecule has 0 aliphatic heterocycles. The van der Waals surface area contributed by atoms with E-state index in [1.165, 1.54) is 0 Å². The molecule has 3 N–H and O–H groups in total. The molecule has 74 valence electrons. The standard InChI is InChI=1S/CH4F2O7P2/c2-1(3)9-12(7,8)10-11(4,5)6/h1H,(H,7,8)(H2,4,5,6). The Morgan fingerprint density at radius 3 is 1.83 bits per heavy atom. The predicted octanol–water partition coefficient (Wildman–Crippen LogP) is 0.435. The van der Waals surface area contributed by atoms with Crippen molar-refractivity contribution in [2.75, 3.05) is 0 Å². The van der Waals surface area contributed by atoms with Crippen LogP contribution in [0.5, 0.6) is 0 Å². The Kier molecular flexibility index (Phi) is 3.92. The lowest BCUT2D eigenvalue weighted by atomic mass is 11.5. The van der Waals surface area contributed by atoms with E-state index in [-0.39, 0.29) is 0 Å². The van der Waals surface area contributed by atoms with Gasteiger partial charge in [-0.25, -0.2) is 13.7 Å². The predicted molar refractivity (Wildman–Crippen MR) is 30.0 cm³/mol. The first-order valence-electron chi connectivity index (χ1n) is 2.19. The van der Waals surface area contributed by atoms with Gasteiger partial charge in [-0.15, -0.1) is 0 Å². The molecular formula is CH4F2O7P2. The molecule has 0 saturated carbocycles. The number of phosphoric ester groups is 1. The van der Waals surface area contributed by atoms with Crippen molar-refractivity contribution in [2.45, 2.75) is 6.61 Å². The molecule has 12 heavy (non-hydrogen) atoms. The first-order chi connectivity index (χ1) is 5.12. The van der Waals surface area contributed by atoms with E-state index in [0.717, 1.165) is 0 Å². The summed E-state index contributed by atoms with van der Waals surface area (Å²) in [6, 6.07) is 0. The van der Waals surface area contributed by atoms with Gasteiger partial charge in [-0.2, -0.15) is 13.1 Å². The van der Waals surface area contributed by atoms with Gasteiger partial charge in [0.1, 0.15) is 0 Å². The Labute approximate surface area is 64.8 Å².